The molecule has 40 heavy (non-hydrogen) atoms. The van der Waals surface area contributed by atoms with Gasteiger partial charge in [-0.2, -0.15) is 13.2 Å². The minimum Gasteiger partial charge on any atom is -0.493 e. The van der Waals surface area contributed by atoms with Gasteiger partial charge in [0, 0.05) is 17.1 Å². The number of rotatable bonds is 8. The Hall–Kier alpha value is -3.85. The summed E-state index contributed by atoms with van der Waals surface area (Å²) in [4.78, 5) is 11.2. The van der Waals surface area contributed by atoms with Crippen molar-refractivity contribution in [3.05, 3.63) is 70.0 Å². The van der Waals surface area contributed by atoms with Crippen LogP contribution in [0, 0.1) is 0 Å². The van der Waals surface area contributed by atoms with Crippen molar-refractivity contribution >= 4 is 29.3 Å². The number of aromatic nitrogens is 7. The summed E-state index contributed by atoms with van der Waals surface area (Å²) >= 11 is 7.70. The fraction of sp³-hybridized carbons (Fsp3) is 0.333. The van der Waals surface area contributed by atoms with E-state index < -0.39 is 34.9 Å². The van der Waals surface area contributed by atoms with E-state index in [4.69, 9.17) is 21.1 Å². The second-order valence-electron chi connectivity index (χ2n) is 8.68. The molecule has 11 nitrogen and oxygen atoms in total. The summed E-state index contributed by atoms with van der Waals surface area (Å²) in [6.45, 7) is 0.112. The Kier molecular flexibility index (Phi) is 7.59. The number of aliphatic carboxylic acids is 1. The van der Waals surface area contributed by atoms with Gasteiger partial charge in [-0.25, -0.2) is 4.68 Å². The number of benzene rings is 2. The van der Waals surface area contributed by atoms with E-state index in [2.05, 4.69) is 25.7 Å². The second-order valence-corrected chi connectivity index (χ2v) is 10.4. The highest BCUT2D eigenvalue weighted by Gasteiger charge is 2.43. The first-order chi connectivity index (χ1) is 19.1. The van der Waals surface area contributed by atoms with Crippen LogP contribution >= 0.6 is 23.4 Å². The number of nitrogens with zero attached hydrogens (tertiary/aromatic N) is 7. The lowest BCUT2D eigenvalue weighted by Crippen LogP contribution is -2.17. The molecule has 0 spiro atoms. The Morgan fingerprint density at radius 1 is 1.12 bits per heavy atom. The Labute approximate surface area is 234 Å². The van der Waals surface area contributed by atoms with Crippen LogP contribution in [0.3, 0.4) is 0 Å². The van der Waals surface area contributed by atoms with E-state index in [0.29, 0.717) is 27.6 Å². The Balaban J connectivity index is 1.67. The maximum absolute atomic E-state index is 14.2. The SMILES string of the molecule is COc1cccc([C@H]2S[C@H](CCn3nnnc3CC(=O)O)c3nnc(C(F)(F)F)n3-c3ccc(Cl)cc32)c1OC. The number of ether oxygens (including phenoxy) is 2. The smallest absolute Gasteiger partial charge is 0.452 e. The summed E-state index contributed by atoms with van der Waals surface area (Å²) < 4.78 is 56.0. The van der Waals surface area contributed by atoms with Crippen LogP contribution in [-0.2, 0) is 23.9 Å². The quantitative estimate of drug-likeness (QED) is 0.310. The molecule has 2 atom stereocenters. The fourth-order valence-electron chi connectivity index (χ4n) is 4.62. The third-order valence-corrected chi connectivity index (χ3v) is 8.07. The third-order valence-electron chi connectivity index (χ3n) is 6.28. The lowest BCUT2D eigenvalue weighted by atomic mass is 10.0. The highest BCUT2D eigenvalue weighted by atomic mass is 35.5. The van der Waals surface area contributed by atoms with E-state index in [0.717, 1.165) is 4.57 Å². The first-order valence-electron chi connectivity index (χ1n) is 11.8. The van der Waals surface area contributed by atoms with Crippen LogP contribution in [0.1, 0.15) is 45.5 Å². The van der Waals surface area contributed by atoms with Gasteiger partial charge in [-0.05, 0) is 46.7 Å². The molecule has 0 unspecified atom stereocenters. The molecule has 2 aromatic carbocycles. The van der Waals surface area contributed by atoms with Gasteiger partial charge in [0.2, 0.25) is 5.82 Å². The topological polar surface area (TPSA) is 130 Å². The summed E-state index contributed by atoms with van der Waals surface area (Å²) in [6.07, 6.45) is -5.01. The average Bonchev–Trinajstić information content (AvgIpc) is 3.52. The summed E-state index contributed by atoms with van der Waals surface area (Å²) in [5.41, 5.74) is 1.37. The number of para-hydroxylation sites is 1. The molecule has 1 aliphatic rings. The number of aryl methyl sites for hydroxylation is 1. The van der Waals surface area contributed by atoms with Gasteiger partial charge in [0.15, 0.2) is 23.1 Å². The first-order valence-corrected chi connectivity index (χ1v) is 13.1. The molecule has 0 radical (unpaired) electrons. The van der Waals surface area contributed by atoms with Crippen molar-refractivity contribution in [2.45, 2.75) is 36.1 Å². The number of methoxy groups -OCH3 is 2. The second kappa shape index (κ2) is 11.0. The molecular weight excluding hydrogens is 575 g/mol. The monoisotopic (exact) mass is 595 g/mol. The molecular formula is C24H21ClF3N7O4S. The van der Waals surface area contributed by atoms with E-state index >= 15 is 0 Å². The maximum atomic E-state index is 14.2. The van der Waals surface area contributed by atoms with E-state index in [9.17, 15) is 23.1 Å². The van der Waals surface area contributed by atoms with Gasteiger partial charge in [0.05, 0.1) is 30.4 Å². The summed E-state index contributed by atoms with van der Waals surface area (Å²) in [6, 6.07) is 9.93. The van der Waals surface area contributed by atoms with Crippen molar-refractivity contribution in [1.29, 1.82) is 0 Å². The van der Waals surface area contributed by atoms with Gasteiger partial charge in [-0.3, -0.25) is 9.36 Å². The van der Waals surface area contributed by atoms with Crippen molar-refractivity contribution in [3.63, 3.8) is 0 Å². The van der Waals surface area contributed by atoms with Gasteiger partial charge in [0.1, 0.15) is 6.42 Å². The number of fused-ring (bicyclic) bond motifs is 3. The molecule has 3 heterocycles. The molecule has 0 fully saturated rings. The highest BCUT2D eigenvalue weighted by molar-refractivity contribution is 8.00. The van der Waals surface area contributed by atoms with Gasteiger partial charge < -0.3 is 14.6 Å². The van der Waals surface area contributed by atoms with E-state index in [-0.39, 0.29) is 30.3 Å². The molecule has 1 aliphatic heterocycles. The molecule has 0 aliphatic carbocycles. The molecule has 1 N–H and O–H groups in total. The number of halogens is 4. The lowest BCUT2D eigenvalue weighted by Gasteiger charge is -2.24. The molecule has 4 aromatic rings. The molecule has 210 valence electrons. The number of carboxylic acids is 1. The van der Waals surface area contributed by atoms with Gasteiger partial charge >= 0.3 is 12.1 Å². The van der Waals surface area contributed by atoms with Crippen molar-refractivity contribution in [3.8, 4) is 17.2 Å². The van der Waals surface area contributed by atoms with E-state index in [1.165, 1.54) is 42.8 Å². The van der Waals surface area contributed by atoms with E-state index in [1.54, 1.807) is 18.2 Å². The zero-order chi connectivity index (χ0) is 28.6. The van der Waals surface area contributed by atoms with Crippen molar-refractivity contribution in [1.82, 2.24) is 35.0 Å². The van der Waals surface area contributed by atoms with Crippen LogP contribution in [0.25, 0.3) is 5.69 Å². The molecule has 0 amide bonds. The van der Waals surface area contributed by atoms with Crippen LogP contribution in [0.5, 0.6) is 11.5 Å². The van der Waals surface area contributed by atoms with Crippen LogP contribution in [-0.4, -0.2) is 60.3 Å². The molecule has 0 saturated carbocycles. The van der Waals surface area contributed by atoms with Crippen LogP contribution in [0.2, 0.25) is 5.02 Å². The zero-order valence-corrected chi connectivity index (χ0v) is 22.5. The molecule has 0 bridgehead atoms. The number of hydrogen-bond acceptors (Lipinski definition) is 9. The van der Waals surface area contributed by atoms with Crippen molar-refractivity contribution in [2.24, 2.45) is 0 Å². The largest absolute Gasteiger partial charge is 0.493 e. The minimum atomic E-state index is -4.80. The summed E-state index contributed by atoms with van der Waals surface area (Å²) in [5, 5.41) is 26.9. The minimum absolute atomic E-state index is 0.0677. The molecule has 2 aromatic heterocycles. The van der Waals surface area contributed by atoms with E-state index in [1.807, 2.05) is 6.07 Å². The predicted octanol–water partition coefficient (Wildman–Crippen LogP) is 4.54. The number of thioether (sulfide) groups is 1. The number of carbonyl (C=O) groups is 1. The lowest BCUT2D eigenvalue weighted by molar-refractivity contribution is -0.146. The number of carboxylic acid groups (broad SMARTS) is 1. The van der Waals surface area contributed by atoms with Crippen LogP contribution in [0.15, 0.2) is 36.4 Å². The van der Waals surface area contributed by atoms with Crippen molar-refractivity contribution < 1.29 is 32.5 Å². The standard InChI is InChI=1S/C24H21ClF3N7O4S/c1-38-16-5-3-4-13(20(16)39-2)21-14-10-12(25)6-7-15(14)35-22(30-31-23(35)24(26,27)28)17(40-21)8-9-34-18(11-19(36)37)29-32-33-34/h3-7,10,17,21H,8-9,11H2,1-2H3,(H,36,37)/t17-,21-/m1/s1. The highest BCUT2D eigenvalue weighted by Crippen LogP contribution is 2.54. The van der Waals surface area contributed by atoms with Crippen LogP contribution < -0.4 is 9.47 Å². The Morgan fingerprint density at radius 3 is 2.62 bits per heavy atom. The third kappa shape index (κ3) is 5.18. The molecule has 0 saturated heterocycles. The summed E-state index contributed by atoms with van der Waals surface area (Å²) in [7, 11) is 2.98. The van der Waals surface area contributed by atoms with Crippen LogP contribution in [0.4, 0.5) is 13.2 Å². The Bertz CT molecular complexity index is 1560. The first kappa shape index (κ1) is 27.7. The zero-order valence-electron chi connectivity index (χ0n) is 21.0. The molecule has 16 heteroatoms. The number of tetrazole rings is 1. The molecule has 5 rings (SSSR count). The van der Waals surface area contributed by atoms with Gasteiger partial charge in [0.25, 0.3) is 0 Å². The van der Waals surface area contributed by atoms with Gasteiger partial charge in [-0.1, -0.05) is 23.7 Å². The Morgan fingerprint density at radius 2 is 1.93 bits per heavy atom. The number of alkyl halides is 3. The normalized spacial score (nSPS) is 16.6. The maximum Gasteiger partial charge on any atom is 0.452 e. The average molecular weight is 596 g/mol. The predicted molar refractivity (Wildman–Crippen MR) is 137 cm³/mol. The summed E-state index contributed by atoms with van der Waals surface area (Å²) in [5.74, 6) is -1.24. The van der Waals surface area contributed by atoms with Crippen molar-refractivity contribution in [2.75, 3.05) is 14.2 Å². The fourth-order valence-corrected chi connectivity index (χ4v) is 6.31. The number of hydrogen-bond donors (Lipinski definition) is 1. The van der Waals surface area contributed by atoms with Gasteiger partial charge in [-0.15, -0.1) is 27.1 Å².